The van der Waals surface area contributed by atoms with Crippen molar-refractivity contribution in [3.63, 3.8) is 0 Å². The van der Waals surface area contributed by atoms with Gasteiger partial charge in [0.2, 0.25) is 0 Å². The number of hydrogen-bond acceptors (Lipinski definition) is 6. The fraction of sp³-hybridized carbons (Fsp3) is 0.128. The van der Waals surface area contributed by atoms with Crippen LogP contribution < -0.4 is 5.73 Å². The van der Waals surface area contributed by atoms with Gasteiger partial charge in [-0.15, -0.1) is 0 Å². The molecule has 9 heteroatoms. The van der Waals surface area contributed by atoms with Gasteiger partial charge in [0.05, 0.1) is 27.3 Å². The summed E-state index contributed by atoms with van der Waals surface area (Å²) in [5.74, 6) is 0. The average molecular weight is 637 g/mol. The molecule has 9 rings (SSSR count). The fourth-order valence-corrected chi connectivity index (χ4v) is 5.56. The van der Waals surface area contributed by atoms with Gasteiger partial charge < -0.3 is 10.5 Å². The average Bonchev–Trinajstić information content (AvgIpc) is 3.90. The van der Waals surface area contributed by atoms with Crippen molar-refractivity contribution in [2.45, 2.75) is 20.3 Å². The molecular formula is C39H36N6O3. The minimum Gasteiger partial charge on any atom is -0.399 e. The number of anilines is 1. The van der Waals surface area contributed by atoms with Crippen molar-refractivity contribution in [3.05, 3.63) is 144 Å². The number of hydrogen-bond donors (Lipinski definition) is 1. The van der Waals surface area contributed by atoms with Gasteiger partial charge in [-0.25, -0.2) is 9.36 Å². The summed E-state index contributed by atoms with van der Waals surface area (Å²) in [6, 6.07) is 39.3. The van der Waals surface area contributed by atoms with E-state index in [1.807, 2.05) is 77.7 Å². The second-order valence-corrected chi connectivity index (χ2v) is 11.3. The van der Waals surface area contributed by atoms with Crippen molar-refractivity contribution in [1.29, 1.82) is 0 Å². The van der Waals surface area contributed by atoms with Gasteiger partial charge in [-0.3, -0.25) is 10.1 Å². The number of aromatic nitrogens is 4. The number of nitrogens with zero attached hydrogens (tertiary/aromatic N) is 5. The number of nitrogens with two attached hydrogens (primary N) is 1. The molecule has 0 amide bonds. The van der Waals surface area contributed by atoms with Crippen molar-refractivity contribution in [2.24, 2.45) is 0 Å². The van der Waals surface area contributed by atoms with Gasteiger partial charge in [0, 0.05) is 54.2 Å². The van der Waals surface area contributed by atoms with Crippen LogP contribution >= 0.6 is 0 Å². The number of rotatable bonds is 3. The first kappa shape index (κ1) is 31.9. The summed E-state index contributed by atoms with van der Waals surface area (Å²) < 4.78 is 8.59. The molecule has 3 heterocycles. The van der Waals surface area contributed by atoms with Gasteiger partial charge in [-0.2, -0.15) is 10.2 Å². The summed E-state index contributed by atoms with van der Waals surface area (Å²) in [6.45, 7) is 2.00. The highest BCUT2D eigenvalue weighted by atomic mass is 16.6. The summed E-state index contributed by atoms with van der Waals surface area (Å²) in [5.41, 5.74) is 10.1. The molecule has 0 radical (unpaired) electrons. The van der Waals surface area contributed by atoms with Crippen LogP contribution in [0.2, 0.25) is 0 Å². The van der Waals surface area contributed by atoms with E-state index in [0.29, 0.717) is 5.52 Å². The van der Waals surface area contributed by atoms with Crippen molar-refractivity contribution in [1.82, 2.24) is 19.6 Å². The monoisotopic (exact) mass is 636 g/mol. The minimum atomic E-state index is -0.408. The van der Waals surface area contributed by atoms with Crippen molar-refractivity contribution >= 4 is 54.7 Å². The Morgan fingerprint density at radius 3 is 1.58 bits per heavy atom. The van der Waals surface area contributed by atoms with Crippen LogP contribution in [0.3, 0.4) is 0 Å². The zero-order chi connectivity index (χ0) is 32.2. The smallest absolute Gasteiger partial charge is 0.271 e. The molecule has 240 valence electrons. The maximum absolute atomic E-state index is 10.8. The van der Waals surface area contributed by atoms with E-state index in [-0.39, 0.29) is 13.1 Å². The van der Waals surface area contributed by atoms with Gasteiger partial charge in [0.1, 0.15) is 0 Å². The molecule has 8 aromatic rings. The first-order valence-corrected chi connectivity index (χ1v) is 15.4. The van der Waals surface area contributed by atoms with E-state index >= 15 is 0 Å². The number of nitro benzene ring substituents is 1. The molecule has 1 aliphatic heterocycles. The maximum atomic E-state index is 10.8. The third-order valence-electron chi connectivity index (χ3n) is 8.06. The van der Waals surface area contributed by atoms with Crippen LogP contribution in [0.4, 0.5) is 11.4 Å². The number of benzene rings is 6. The predicted octanol–water partition coefficient (Wildman–Crippen LogP) is 9.28. The lowest BCUT2D eigenvalue weighted by atomic mass is 10.1. The fourth-order valence-electron chi connectivity index (χ4n) is 5.56. The lowest BCUT2D eigenvalue weighted by Crippen LogP contribution is -1.93. The Bertz CT molecular complexity index is 2350. The van der Waals surface area contributed by atoms with Crippen molar-refractivity contribution in [2.75, 3.05) is 18.9 Å². The molecule has 0 saturated carbocycles. The molecule has 0 spiro atoms. The summed E-state index contributed by atoms with van der Waals surface area (Å²) >= 11 is 0. The van der Waals surface area contributed by atoms with Crippen LogP contribution in [-0.2, 0) is 4.74 Å². The second-order valence-electron chi connectivity index (χ2n) is 11.3. The highest BCUT2D eigenvalue weighted by molar-refractivity contribution is 5.86. The number of ether oxygens (including phenoxy) is 1. The summed E-state index contributed by atoms with van der Waals surface area (Å²) in [6.07, 6.45) is 6.46. The zero-order valence-electron chi connectivity index (χ0n) is 25.6. The van der Waals surface area contributed by atoms with E-state index in [4.69, 9.17) is 10.5 Å². The van der Waals surface area contributed by atoms with Crippen molar-refractivity contribution in [3.8, 4) is 11.4 Å². The Kier molecular flexibility index (Phi) is 9.40. The van der Waals surface area contributed by atoms with Gasteiger partial charge >= 0.3 is 0 Å². The molecule has 0 unspecified atom stereocenters. The van der Waals surface area contributed by atoms with Gasteiger partial charge in [0.15, 0.2) is 0 Å². The van der Waals surface area contributed by atoms with E-state index in [1.54, 1.807) is 10.7 Å². The molecule has 6 aromatic carbocycles. The largest absolute Gasteiger partial charge is 0.399 e. The Hall–Kier alpha value is -6.06. The number of nitrogen functional groups attached to an aromatic ring is 1. The summed E-state index contributed by atoms with van der Waals surface area (Å²) in [5, 5.41) is 26.6. The normalized spacial score (nSPS) is 12.2. The molecule has 2 N–H and O–H groups in total. The Balaban J connectivity index is 0.000000144. The van der Waals surface area contributed by atoms with E-state index < -0.39 is 4.92 Å². The van der Waals surface area contributed by atoms with Crippen LogP contribution in [0.1, 0.15) is 20.3 Å². The molecule has 0 bridgehead atoms. The Morgan fingerprint density at radius 2 is 1.08 bits per heavy atom. The van der Waals surface area contributed by atoms with Crippen LogP contribution in [0.15, 0.2) is 134 Å². The number of fused-ring (bicyclic) bond motifs is 4. The molecule has 1 aliphatic rings. The molecule has 48 heavy (non-hydrogen) atoms. The molecule has 2 aromatic heterocycles. The van der Waals surface area contributed by atoms with Crippen molar-refractivity contribution < 1.29 is 9.66 Å². The SMILES string of the molecule is C.C1CCOC1.Nc1ccc2cn(-c3ccc4ccccc4c3)nc2c1.O=[N+]([O-])c1ccc2cn(-c3ccc4ccccc4c3)nc2c1. The maximum Gasteiger partial charge on any atom is 0.271 e. The highest BCUT2D eigenvalue weighted by Gasteiger charge is 2.10. The topological polar surface area (TPSA) is 114 Å². The highest BCUT2D eigenvalue weighted by Crippen LogP contribution is 2.24. The van der Waals surface area contributed by atoms with Crippen LogP contribution in [0.25, 0.3) is 54.7 Å². The van der Waals surface area contributed by atoms with Crippen LogP contribution in [0.5, 0.6) is 0 Å². The zero-order valence-corrected chi connectivity index (χ0v) is 25.6. The number of nitro groups is 1. The quantitative estimate of drug-likeness (QED) is 0.117. The van der Waals surface area contributed by atoms with E-state index in [2.05, 4.69) is 52.7 Å². The van der Waals surface area contributed by atoms with Gasteiger partial charge in [-0.05, 0) is 82.9 Å². The predicted molar refractivity (Wildman–Crippen MR) is 195 cm³/mol. The van der Waals surface area contributed by atoms with Gasteiger partial charge in [0.25, 0.3) is 5.69 Å². The molecule has 9 nitrogen and oxygen atoms in total. The van der Waals surface area contributed by atoms with E-state index in [9.17, 15) is 10.1 Å². The third-order valence-corrected chi connectivity index (χ3v) is 8.06. The Labute approximate surface area is 277 Å². The first-order valence-electron chi connectivity index (χ1n) is 15.4. The first-order chi connectivity index (χ1) is 23.0. The molecule has 1 saturated heterocycles. The van der Waals surface area contributed by atoms with E-state index in [1.165, 1.54) is 41.1 Å². The molecule has 1 fully saturated rings. The molecule has 0 aliphatic carbocycles. The Morgan fingerprint density at radius 1 is 0.604 bits per heavy atom. The molecule has 0 atom stereocenters. The van der Waals surface area contributed by atoms with Crippen LogP contribution in [-0.4, -0.2) is 37.7 Å². The summed E-state index contributed by atoms with van der Waals surface area (Å²) in [4.78, 5) is 10.4. The standard InChI is InChI=1S/C17H11N3O2.C17H13N3.C4H8O.CH4/c21-20(22)16-8-6-14-11-19(18-17(14)10-16)15-7-5-12-3-1-2-4-13(12)9-15;18-15-7-5-14-11-20(19-17(14)10-15)16-8-6-12-3-1-2-4-13(12)9-16;1-2-4-5-3-1;/h1-11H;1-11H,18H2;1-4H2;1H4. The minimum absolute atomic E-state index is 0. The van der Waals surface area contributed by atoms with Crippen LogP contribution in [0, 0.1) is 10.1 Å². The molecular weight excluding hydrogens is 600 g/mol. The third kappa shape index (κ3) is 7.01. The lowest BCUT2D eigenvalue weighted by molar-refractivity contribution is -0.384. The second kappa shape index (κ2) is 14.1. The van der Waals surface area contributed by atoms with E-state index in [0.717, 1.165) is 52.0 Å². The number of non-ortho nitro benzene ring substituents is 1. The lowest BCUT2D eigenvalue weighted by Gasteiger charge is -2.03. The van der Waals surface area contributed by atoms with Gasteiger partial charge in [-0.1, -0.05) is 68.1 Å². The summed E-state index contributed by atoms with van der Waals surface area (Å²) in [7, 11) is 0.